The van der Waals surface area contributed by atoms with Crippen LogP contribution in [0.15, 0.2) is 11.1 Å². The van der Waals surface area contributed by atoms with Crippen molar-refractivity contribution in [3.05, 3.63) is 11.1 Å². The second-order valence-corrected chi connectivity index (χ2v) is 3.17. The lowest BCUT2D eigenvalue weighted by Gasteiger charge is -2.09. The molecule has 0 spiro atoms. The largest absolute Gasteiger partial charge is 0.388 e. The van der Waals surface area contributed by atoms with Gasteiger partial charge in [-0.15, -0.1) is 0 Å². The van der Waals surface area contributed by atoms with E-state index in [1.54, 1.807) is 0 Å². The summed E-state index contributed by atoms with van der Waals surface area (Å²) >= 11 is 0. The van der Waals surface area contributed by atoms with Gasteiger partial charge in [0.25, 0.3) is 0 Å². The minimum Gasteiger partial charge on any atom is -0.388 e. The molecular formula is C8H14O. The van der Waals surface area contributed by atoms with Gasteiger partial charge in [0, 0.05) is 0 Å². The number of hydrogen-bond acceptors (Lipinski definition) is 1. The van der Waals surface area contributed by atoms with Crippen LogP contribution in [0.5, 0.6) is 0 Å². The fourth-order valence-electron chi connectivity index (χ4n) is 1.00. The van der Waals surface area contributed by atoms with Crippen LogP contribution in [0.3, 0.4) is 0 Å². The van der Waals surface area contributed by atoms with Crippen molar-refractivity contribution >= 4 is 0 Å². The van der Waals surface area contributed by atoms with E-state index >= 15 is 0 Å². The van der Waals surface area contributed by atoms with E-state index < -0.39 is 0 Å². The van der Waals surface area contributed by atoms with Gasteiger partial charge < -0.3 is 5.11 Å². The molecule has 9 heavy (non-hydrogen) atoms. The first-order chi connectivity index (χ1) is 4.13. The summed E-state index contributed by atoms with van der Waals surface area (Å²) in [5.74, 6) is 0.387. The first-order valence-corrected chi connectivity index (χ1v) is 3.49. The Labute approximate surface area is 56.4 Å². The number of hydrogen-bond donors (Lipinski definition) is 1. The van der Waals surface area contributed by atoms with Crippen LogP contribution in [0.4, 0.5) is 0 Å². The Bertz CT molecular complexity index is 145. The van der Waals surface area contributed by atoms with Crippen molar-refractivity contribution < 1.29 is 5.11 Å². The molecule has 1 N–H and O–H groups in total. The molecule has 1 heteroatoms. The zero-order chi connectivity index (χ0) is 7.02. The van der Waals surface area contributed by atoms with Gasteiger partial charge >= 0.3 is 0 Å². The van der Waals surface area contributed by atoms with Crippen LogP contribution in [-0.4, -0.2) is 11.2 Å². The van der Waals surface area contributed by atoms with Gasteiger partial charge in [-0.1, -0.05) is 19.4 Å². The Hall–Kier alpha value is -0.300. The molecule has 1 aliphatic rings. The number of rotatable bonds is 2. The second kappa shape index (κ2) is 2.14. The Kier molecular flexibility index (Phi) is 1.62. The quantitative estimate of drug-likeness (QED) is 0.558. The molecule has 52 valence electrons. The average Bonchev–Trinajstić information content (AvgIpc) is 2.44. The van der Waals surface area contributed by atoms with E-state index in [1.807, 2.05) is 13.8 Å². The molecule has 1 unspecified atom stereocenters. The summed E-state index contributed by atoms with van der Waals surface area (Å²) in [5, 5.41) is 9.38. The van der Waals surface area contributed by atoms with Crippen LogP contribution in [0, 0.1) is 5.92 Å². The molecule has 0 radical (unpaired) electrons. The highest BCUT2D eigenvalue weighted by Gasteiger charge is 2.25. The van der Waals surface area contributed by atoms with Crippen molar-refractivity contribution in [1.29, 1.82) is 0 Å². The summed E-state index contributed by atoms with van der Waals surface area (Å²) < 4.78 is 0. The van der Waals surface area contributed by atoms with Gasteiger partial charge in [0.15, 0.2) is 0 Å². The molecular weight excluding hydrogens is 112 g/mol. The van der Waals surface area contributed by atoms with Gasteiger partial charge in [-0.05, 0) is 24.8 Å². The first kappa shape index (κ1) is 6.81. The third-order valence-corrected chi connectivity index (χ3v) is 1.87. The second-order valence-electron chi connectivity index (χ2n) is 3.17. The summed E-state index contributed by atoms with van der Waals surface area (Å²) in [4.78, 5) is 0. The standard InChI is InChI=1S/C8H14O/c1-5(2)8(9)7-4-6(7)3/h5,8-9H,4H2,1-3H3. The minimum absolute atomic E-state index is 0.162. The molecule has 1 aliphatic carbocycles. The van der Waals surface area contributed by atoms with Crippen molar-refractivity contribution in [2.24, 2.45) is 5.92 Å². The van der Waals surface area contributed by atoms with E-state index in [0.717, 1.165) is 6.42 Å². The Balaban J connectivity index is 2.45. The molecule has 1 nitrogen and oxygen atoms in total. The predicted molar refractivity (Wildman–Crippen MR) is 38.2 cm³/mol. The third kappa shape index (κ3) is 1.33. The van der Waals surface area contributed by atoms with Crippen molar-refractivity contribution in [2.45, 2.75) is 33.3 Å². The highest BCUT2D eigenvalue weighted by Crippen LogP contribution is 2.35. The maximum Gasteiger partial charge on any atom is 0.0778 e. The molecule has 0 aliphatic heterocycles. The monoisotopic (exact) mass is 126 g/mol. The first-order valence-electron chi connectivity index (χ1n) is 3.49. The van der Waals surface area contributed by atoms with Gasteiger partial charge in [0.05, 0.1) is 6.10 Å². The SMILES string of the molecule is CC1=C(C(O)C(C)C)C1. The maximum atomic E-state index is 9.38. The van der Waals surface area contributed by atoms with Crippen LogP contribution in [0.25, 0.3) is 0 Å². The van der Waals surface area contributed by atoms with Gasteiger partial charge in [-0.3, -0.25) is 0 Å². The van der Waals surface area contributed by atoms with Crippen molar-refractivity contribution in [3.8, 4) is 0 Å². The normalized spacial score (nSPS) is 21.0. The molecule has 0 aromatic carbocycles. The molecule has 0 saturated carbocycles. The van der Waals surface area contributed by atoms with Gasteiger partial charge in [-0.2, -0.15) is 0 Å². The molecule has 1 atom stereocenters. The lowest BCUT2D eigenvalue weighted by Crippen LogP contribution is -2.12. The molecule has 0 aromatic heterocycles. The lowest BCUT2D eigenvalue weighted by molar-refractivity contribution is 0.164. The highest BCUT2D eigenvalue weighted by molar-refractivity contribution is 5.36. The van der Waals surface area contributed by atoms with E-state index in [1.165, 1.54) is 11.1 Å². The number of aliphatic hydroxyl groups is 1. The molecule has 0 saturated heterocycles. The van der Waals surface area contributed by atoms with Crippen molar-refractivity contribution in [2.75, 3.05) is 0 Å². The highest BCUT2D eigenvalue weighted by atomic mass is 16.3. The van der Waals surface area contributed by atoms with Crippen LogP contribution in [0.1, 0.15) is 27.2 Å². The lowest BCUT2D eigenvalue weighted by atomic mass is 10.1. The van der Waals surface area contributed by atoms with Crippen molar-refractivity contribution in [3.63, 3.8) is 0 Å². The summed E-state index contributed by atoms with van der Waals surface area (Å²) in [6, 6.07) is 0. The summed E-state index contributed by atoms with van der Waals surface area (Å²) in [7, 11) is 0. The minimum atomic E-state index is -0.162. The summed E-state index contributed by atoms with van der Waals surface area (Å²) in [6.07, 6.45) is 0.907. The topological polar surface area (TPSA) is 20.2 Å². The summed E-state index contributed by atoms with van der Waals surface area (Å²) in [5.41, 5.74) is 2.65. The molecule has 1 rings (SSSR count). The van der Waals surface area contributed by atoms with Crippen LogP contribution in [-0.2, 0) is 0 Å². The molecule has 0 fully saturated rings. The van der Waals surface area contributed by atoms with Crippen molar-refractivity contribution in [1.82, 2.24) is 0 Å². The fourth-order valence-corrected chi connectivity index (χ4v) is 1.00. The van der Waals surface area contributed by atoms with Crippen LogP contribution >= 0.6 is 0 Å². The molecule has 0 heterocycles. The van der Waals surface area contributed by atoms with Gasteiger partial charge in [0.1, 0.15) is 0 Å². The summed E-state index contributed by atoms with van der Waals surface area (Å²) in [6.45, 7) is 6.17. The third-order valence-electron chi connectivity index (χ3n) is 1.87. The van der Waals surface area contributed by atoms with E-state index in [4.69, 9.17) is 0 Å². The van der Waals surface area contributed by atoms with Crippen LogP contribution < -0.4 is 0 Å². The zero-order valence-corrected chi connectivity index (χ0v) is 6.31. The number of allylic oxidation sites excluding steroid dienone is 1. The van der Waals surface area contributed by atoms with E-state index in [2.05, 4.69) is 6.92 Å². The van der Waals surface area contributed by atoms with Gasteiger partial charge in [0.2, 0.25) is 0 Å². The van der Waals surface area contributed by atoms with Gasteiger partial charge in [-0.25, -0.2) is 0 Å². The fraction of sp³-hybridized carbons (Fsp3) is 0.750. The molecule has 0 aromatic rings. The van der Waals surface area contributed by atoms with E-state index in [0.29, 0.717) is 5.92 Å². The molecule has 0 bridgehead atoms. The maximum absolute atomic E-state index is 9.38. The predicted octanol–water partition coefficient (Wildman–Crippen LogP) is 1.72. The smallest absolute Gasteiger partial charge is 0.0778 e. The Morgan fingerprint density at radius 1 is 1.44 bits per heavy atom. The number of aliphatic hydroxyl groups excluding tert-OH is 1. The average molecular weight is 126 g/mol. The van der Waals surface area contributed by atoms with E-state index in [-0.39, 0.29) is 6.10 Å². The Morgan fingerprint density at radius 3 is 2.00 bits per heavy atom. The Morgan fingerprint density at radius 2 is 1.89 bits per heavy atom. The molecule has 0 amide bonds. The zero-order valence-electron chi connectivity index (χ0n) is 6.31. The van der Waals surface area contributed by atoms with Crippen LogP contribution in [0.2, 0.25) is 0 Å². The van der Waals surface area contributed by atoms with E-state index in [9.17, 15) is 5.11 Å².